The number of carbonyl (C=O) groups excluding carboxylic acids is 2. The molecule has 0 radical (unpaired) electrons. The molecule has 4 rings (SSSR count). The second-order valence-electron chi connectivity index (χ2n) is 6.71. The highest BCUT2D eigenvalue weighted by Crippen LogP contribution is 2.37. The van der Waals surface area contributed by atoms with Crippen LogP contribution < -0.4 is 10.6 Å². The molecule has 7 nitrogen and oxygen atoms in total. The van der Waals surface area contributed by atoms with Crippen LogP contribution in [0.2, 0.25) is 0 Å². The van der Waals surface area contributed by atoms with Crippen molar-refractivity contribution < 1.29 is 18.7 Å². The molecule has 1 saturated carbocycles. The molecule has 0 bridgehead atoms. The van der Waals surface area contributed by atoms with Crippen molar-refractivity contribution in [2.45, 2.75) is 30.1 Å². The van der Waals surface area contributed by atoms with Crippen molar-refractivity contribution in [1.82, 2.24) is 10.2 Å². The van der Waals surface area contributed by atoms with Crippen LogP contribution in [0.4, 0.5) is 14.5 Å². The molecule has 2 heterocycles. The van der Waals surface area contributed by atoms with Gasteiger partial charge in [-0.05, 0) is 37.5 Å². The highest BCUT2D eigenvalue weighted by molar-refractivity contribution is 8.01. The fraction of sp³-hybridized carbons (Fsp3) is 0.300. The summed E-state index contributed by atoms with van der Waals surface area (Å²) in [5.41, 5.74) is 1.52. The normalized spacial score (nSPS) is 13.1. The number of ether oxygens (including phenoxy) is 1. The number of rotatable bonds is 9. The van der Waals surface area contributed by atoms with E-state index < -0.39 is 5.97 Å². The van der Waals surface area contributed by atoms with E-state index in [1.165, 1.54) is 46.6 Å². The van der Waals surface area contributed by atoms with Crippen LogP contribution in [-0.4, -0.2) is 40.5 Å². The molecule has 1 fully saturated rings. The van der Waals surface area contributed by atoms with Crippen molar-refractivity contribution in [3.05, 3.63) is 41.0 Å². The minimum atomic E-state index is -0.536. The zero-order valence-electron chi connectivity index (χ0n) is 16.5. The summed E-state index contributed by atoms with van der Waals surface area (Å²) in [5, 5.41) is 17.1. The number of hydrogen-bond acceptors (Lipinski definition) is 9. The Kier molecular flexibility index (Phi) is 6.83. The zero-order chi connectivity index (χ0) is 21.8. The Morgan fingerprint density at radius 3 is 2.74 bits per heavy atom. The third kappa shape index (κ3) is 5.60. The maximum atomic E-state index is 13.3. The van der Waals surface area contributed by atoms with Crippen LogP contribution in [0.1, 0.15) is 30.1 Å². The first-order chi connectivity index (χ1) is 15.0. The van der Waals surface area contributed by atoms with E-state index in [1.807, 2.05) is 0 Å². The summed E-state index contributed by atoms with van der Waals surface area (Å²) in [6.07, 6.45) is 2.29. The average molecular weight is 479 g/mol. The molecule has 1 amide bonds. The lowest BCUT2D eigenvalue weighted by Gasteiger charge is -2.08. The van der Waals surface area contributed by atoms with Gasteiger partial charge < -0.3 is 15.4 Å². The Labute approximate surface area is 190 Å². The van der Waals surface area contributed by atoms with Crippen molar-refractivity contribution in [2.75, 3.05) is 23.0 Å². The van der Waals surface area contributed by atoms with Gasteiger partial charge >= 0.3 is 5.97 Å². The number of thiophene rings is 1. The van der Waals surface area contributed by atoms with E-state index in [9.17, 15) is 14.0 Å². The summed E-state index contributed by atoms with van der Waals surface area (Å²) in [4.78, 5) is 25.1. The molecular weight excluding hydrogens is 459 g/mol. The van der Waals surface area contributed by atoms with Crippen molar-refractivity contribution in [1.29, 1.82) is 0 Å². The maximum absolute atomic E-state index is 13.3. The number of halogens is 1. The minimum absolute atomic E-state index is 0.129. The largest absolute Gasteiger partial charge is 0.462 e. The van der Waals surface area contributed by atoms with Crippen molar-refractivity contribution in [3.8, 4) is 11.1 Å². The average Bonchev–Trinajstić information content (AvgIpc) is 3.29. The van der Waals surface area contributed by atoms with Gasteiger partial charge in [-0.25, -0.2) is 9.18 Å². The second kappa shape index (κ2) is 9.75. The summed E-state index contributed by atoms with van der Waals surface area (Å²) in [7, 11) is 0. The fourth-order valence-corrected chi connectivity index (χ4v) is 5.32. The highest BCUT2D eigenvalue weighted by atomic mass is 32.2. The first-order valence-corrected chi connectivity index (χ1v) is 12.3. The van der Waals surface area contributed by atoms with E-state index in [-0.39, 0.29) is 29.6 Å². The second-order valence-corrected chi connectivity index (χ2v) is 9.79. The Morgan fingerprint density at radius 1 is 1.26 bits per heavy atom. The Balaban J connectivity index is 1.45. The first kappa shape index (κ1) is 21.7. The standard InChI is InChI=1S/C20H19FN4O3S3/c1-2-28-18(27)16-14(11-3-5-12(21)6-4-11)9-29-17(16)23-15(26)10-30-20-25-24-19(31-20)22-13-7-8-13/h3-6,9,13H,2,7-8,10H2,1H3,(H,22,24)(H,23,26). The summed E-state index contributed by atoms with van der Waals surface area (Å²) in [5.74, 6) is -1.04. The van der Waals surface area contributed by atoms with E-state index >= 15 is 0 Å². The lowest BCUT2D eigenvalue weighted by atomic mass is 10.0. The van der Waals surface area contributed by atoms with Gasteiger partial charge in [0, 0.05) is 17.0 Å². The molecule has 0 atom stereocenters. The van der Waals surface area contributed by atoms with Gasteiger partial charge in [-0.2, -0.15) is 0 Å². The van der Waals surface area contributed by atoms with E-state index in [0.29, 0.717) is 26.5 Å². The number of hydrogen-bond donors (Lipinski definition) is 2. The molecule has 11 heteroatoms. The maximum Gasteiger partial charge on any atom is 0.341 e. The Bertz CT molecular complexity index is 1080. The summed E-state index contributed by atoms with van der Waals surface area (Å²) >= 11 is 3.93. The van der Waals surface area contributed by atoms with Crippen molar-refractivity contribution >= 4 is 56.4 Å². The van der Waals surface area contributed by atoms with Crippen LogP contribution in [0, 0.1) is 5.82 Å². The summed E-state index contributed by atoms with van der Waals surface area (Å²) in [6, 6.07) is 6.31. The van der Waals surface area contributed by atoms with Crippen LogP contribution in [-0.2, 0) is 9.53 Å². The Hall–Kier alpha value is -2.50. The number of carbonyl (C=O) groups is 2. The molecule has 0 saturated heterocycles. The molecule has 0 unspecified atom stereocenters. The summed E-state index contributed by atoms with van der Waals surface area (Å²) < 4.78 is 19.2. The third-order valence-corrected chi connectivity index (χ3v) is 7.20. The van der Waals surface area contributed by atoms with Crippen molar-refractivity contribution in [2.24, 2.45) is 0 Å². The van der Waals surface area contributed by atoms with E-state index in [2.05, 4.69) is 20.8 Å². The number of nitrogens with one attached hydrogen (secondary N) is 2. The van der Waals surface area contributed by atoms with Crippen molar-refractivity contribution in [3.63, 3.8) is 0 Å². The third-order valence-electron chi connectivity index (χ3n) is 4.32. The smallest absolute Gasteiger partial charge is 0.341 e. The molecule has 2 aromatic heterocycles. The van der Waals surface area contributed by atoms with Gasteiger partial charge in [0.2, 0.25) is 11.0 Å². The molecule has 162 valence electrons. The van der Waals surface area contributed by atoms with Gasteiger partial charge in [0.15, 0.2) is 4.34 Å². The number of amides is 1. The zero-order valence-corrected chi connectivity index (χ0v) is 19.0. The van der Waals surface area contributed by atoms with Crippen LogP contribution >= 0.6 is 34.4 Å². The molecule has 1 aromatic carbocycles. The van der Waals surface area contributed by atoms with Crippen LogP contribution in [0.15, 0.2) is 34.0 Å². The number of nitrogens with zero attached hydrogens (tertiary/aromatic N) is 2. The number of benzene rings is 1. The van der Waals surface area contributed by atoms with E-state index in [0.717, 1.165) is 18.0 Å². The number of thioether (sulfide) groups is 1. The van der Waals surface area contributed by atoms with Gasteiger partial charge in [0.1, 0.15) is 16.4 Å². The van der Waals surface area contributed by atoms with Gasteiger partial charge in [0.25, 0.3) is 0 Å². The molecule has 1 aliphatic carbocycles. The SMILES string of the molecule is CCOC(=O)c1c(-c2ccc(F)cc2)csc1NC(=O)CSc1nnc(NC2CC2)s1. The molecule has 2 N–H and O–H groups in total. The minimum Gasteiger partial charge on any atom is -0.462 e. The predicted octanol–water partition coefficient (Wildman–Crippen LogP) is 4.89. The van der Waals surface area contributed by atoms with Gasteiger partial charge in [-0.15, -0.1) is 21.5 Å². The molecule has 31 heavy (non-hydrogen) atoms. The van der Waals surface area contributed by atoms with Gasteiger partial charge in [-0.3, -0.25) is 4.79 Å². The molecule has 3 aromatic rings. The number of esters is 1. The molecule has 0 spiro atoms. The van der Waals surface area contributed by atoms with E-state index in [1.54, 1.807) is 24.4 Å². The van der Waals surface area contributed by atoms with Gasteiger partial charge in [0.05, 0.1) is 12.4 Å². The van der Waals surface area contributed by atoms with Crippen LogP contribution in [0.3, 0.4) is 0 Å². The lowest BCUT2D eigenvalue weighted by molar-refractivity contribution is -0.113. The predicted molar refractivity (Wildman–Crippen MR) is 122 cm³/mol. The monoisotopic (exact) mass is 478 g/mol. The first-order valence-electron chi connectivity index (χ1n) is 9.60. The molecule has 1 aliphatic rings. The number of aromatic nitrogens is 2. The fourth-order valence-electron chi connectivity index (χ4n) is 2.72. The highest BCUT2D eigenvalue weighted by Gasteiger charge is 2.24. The number of anilines is 2. The van der Waals surface area contributed by atoms with E-state index in [4.69, 9.17) is 4.74 Å². The lowest BCUT2D eigenvalue weighted by Crippen LogP contribution is -2.16. The summed E-state index contributed by atoms with van der Waals surface area (Å²) in [6.45, 7) is 1.92. The van der Waals surface area contributed by atoms with Crippen LogP contribution in [0.5, 0.6) is 0 Å². The van der Waals surface area contributed by atoms with Crippen LogP contribution in [0.25, 0.3) is 11.1 Å². The molecular formula is C20H19FN4O3S3. The Morgan fingerprint density at radius 2 is 2.03 bits per heavy atom. The molecule has 0 aliphatic heterocycles. The van der Waals surface area contributed by atoms with Gasteiger partial charge in [-0.1, -0.05) is 35.2 Å². The quantitative estimate of drug-likeness (QED) is 0.334. The topological polar surface area (TPSA) is 93.2 Å².